The maximum Gasteiger partial charge on any atom is 0.443 e. The van der Waals surface area contributed by atoms with Crippen LogP contribution in [0.1, 0.15) is 11.1 Å². The molecule has 0 radical (unpaired) electrons. The Hall–Kier alpha value is -1.95. The molecular weight excluding hydrogens is 301 g/mol. The molecule has 2 aromatic rings. The summed E-state index contributed by atoms with van der Waals surface area (Å²) in [6.45, 7) is 0. The molecule has 1 aliphatic rings. The number of rotatable bonds is 2. The molecule has 2 nitrogen and oxygen atoms in total. The average Bonchev–Trinajstić information content (AvgIpc) is 2.72. The summed E-state index contributed by atoms with van der Waals surface area (Å²) in [5.74, 6) is -0.750. The second-order valence-corrected chi connectivity index (χ2v) is 5.76. The topological polar surface area (TPSA) is 26.3 Å². The molecule has 0 saturated heterocycles. The molecule has 1 heterocycles. The number of alkyl halides is 3. The van der Waals surface area contributed by atoms with Gasteiger partial charge in [0.25, 0.3) is 0 Å². The first-order valence-electron chi connectivity index (χ1n) is 6.08. The van der Waals surface area contributed by atoms with Crippen LogP contribution in [-0.4, -0.2) is 11.5 Å². The summed E-state index contributed by atoms with van der Waals surface area (Å²) in [7, 11) is 0. The summed E-state index contributed by atoms with van der Waals surface area (Å²) in [6.07, 6.45) is 0. The molecule has 1 aliphatic heterocycles. The van der Waals surface area contributed by atoms with Crippen molar-refractivity contribution in [3.8, 4) is 5.75 Å². The zero-order chi connectivity index (χ0) is 15.1. The molecule has 0 saturated carbocycles. The maximum absolute atomic E-state index is 13.1. The lowest BCUT2D eigenvalue weighted by Gasteiger charge is -2.26. The molecule has 0 spiro atoms. The lowest BCUT2D eigenvalue weighted by molar-refractivity contribution is -0.134. The SMILES string of the molecule is O=C1Oc2ccccc2[C@@]1(SC(F)(F)F)c1ccccc1. The summed E-state index contributed by atoms with van der Waals surface area (Å²) >= 11 is -0.359. The van der Waals surface area contributed by atoms with E-state index in [1.807, 2.05) is 0 Å². The molecule has 1 atom stereocenters. The first kappa shape index (κ1) is 14.0. The number of hydrogen-bond acceptors (Lipinski definition) is 3. The van der Waals surface area contributed by atoms with E-state index in [1.165, 1.54) is 24.3 Å². The first-order chi connectivity index (χ1) is 9.93. The van der Waals surface area contributed by atoms with E-state index in [0.29, 0.717) is 0 Å². The number of ether oxygens (including phenoxy) is 1. The van der Waals surface area contributed by atoms with Gasteiger partial charge in [0.2, 0.25) is 0 Å². The molecule has 0 bridgehead atoms. The molecule has 108 valence electrons. The highest BCUT2D eigenvalue weighted by atomic mass is 32.2. The van der Waals surface area contributed by atoms with Crippen LogP contribution in [0.3, 0.4) is 0 Å². The van der Waals surface area contributed by atoms with Crippen LogP contribution in [0.15, 0.2) is 54.6 Å². The number of halogens is 3. The van der Waals surface area contributed by atoms with E-state index in [-0.39, 0.29) is 28.6 Å². The number of benzene rings is 2. The second-order valence-electron chi connectivity index (χ2n) is 4.48. The summed E-state index contributed by atoms with van der Waals surface area (Å²) in [5, 5.41) is 0. The predicted molar refractivity (Wildman–Crippen MR) is 72.9 cm³/mol. The number of carbonyl (C=O) groups excluding carboxylic acids is 1. The van der Waals surface area contributed by atoms with E-state index in [0.717, 1.165) is 0 Å². The summed E-state index contributed by atoms with van der Waals surface area (Å²) < 4.78 is 42.3. The van der Waals surface area contributed by atoms with E-state index in [1.54, 1.807) is 30.3 Å². The molecule has 0 unspecified atom stereocenters. The van der Waals surface area contributed by atoms with Gasteiger partial charge in [-0.15, -0.1) is 0 Å². The Morgan fingerprint density at radius 1 is 0.952 bits per heavy atom. The second kappa shape index (κ2) is 4.80. The van der Waals surface area contributed by atoms with Crippen LogP contribution in [0.2, 0.25) is 0 Å². The van der Waals surface area contributed by atoms with Gasteiger partial charge < -0.3 is 4.74 Å². The number of thioether (sulfide) groups is 1. The molecule has 0 fully saturated rings. The fourth-order valence-electron chi connectivity index (χ4n) is 2.40. The van der Waals surface area contributed by atoms with Gasteiger partial charge in [-0.1, -0.05) is 48.5 Å². The monoisotopic (exact) mass is 310 g/mol. The number of para-hydroxylation sites is 1. The van der Waals surface area contributed by atoms with Crippen molar-refractivity contribution in [2.45, 2.75) is 10.3 Å². The van der Waals surface area contributed by atoms with Crippen LogP contribution in [0, 0.1) is 0 Å². The number of hydrogen-bond donors (Lipinski definition) is 0. The van der Waals surface area contributed by atoms with E-state index in [4.69, 9.17) is 4.74 Å². The van der Waals surface area contributed by atoms with Crippen molar-refractivity contribution in [3.63, 3.8) is 0 Å². The van der Waals surface area contributed by atoms with Gasteiger partial charge in [-0.2, -0.15) is 13.2 Å². The molecule has 2 aromatic carbocycles. The Balaban J connectivity index is 2.25. The van der Waals surface area contributed by atoms with E-state index >= 15 is 0 Å². The minimum atomic E-state index is -4.58. The minimum absolute atomic E-state index is 0.170. The molecular formula is C15H9F3O2S. The van der Waals surface area contributed by atoms with Crippen LogP contribution in [0.5, 0.6) is 5.75 Å². The Morgan fingerprint density at radius 2 is 1.57 bits per heavy atom. The Labute approximate surface area is 122 Å². The van der Waals surface area contributed by atoms with Gasteiger partial charge in [-0.05, 0) is 23.4 Å². The Kier molecular flexibility index (Phi) is 3.20. The lowest BCUT2D eigenvalue weighted by atomic mass is 9.91. The zero-order valence-corrected chi connectivity index (χ0v) is 11.4. The van der Waals surface area contributed by atoms with E-state index in [9.17, 15) is 18.0 Å². The Morgan fingerprint density at radius 3 is 2.24 bits per heavy atom. The van der Waals surface area contributed by atoms with Crippen LogP contribution in [-0.2, 0) is 9.54 Å². The van der Waals surface area contributed by atoms with Crippen molar-refractivity contribution < 1.29 is 22.7 Å². The average molecular weight is 310 g/mol. The normalized spacial score (nSPS) is 21.0. The third kappa shape index (κ3) is 2.29. The molecule has 0 amide bonds. The van der Waals surface area contributed by atoms with Gasteiger partial charge >= 0.3 is 11.5 Å². The highest BCUT2D eigenvalue weighted by Crippen LogP contribution is 2.56. The molecule has 3 rings (SSSR count). The third-order valence-corrected chi connectivity index (χ3v) is 4.37. The van der Waals surface area contributed by atoms with E-state index < -0.39 is 16.2 Å². The summed E-state index contributed by atoms with van der Waals surface area (Å²) in [6, 6.07) is 14.1. The standard InChI is InChI=1S/C15H9F3O2S/c16-15(17,18)21-14(10-6-2-1-3-7-10)11-8-4-5-9-12(11)20-13(14)19/h1-9H/t14-/m0/s1. The van der Waals surface area contributed by atoms with Crippen molar-refractivity contribution in [2.75, 3.05) is 0 Å². The third-order valence-electron chi connectivity index (χ3n) is 3.21. The highest BCUT2D eigenvalue weighted by Gasteiger charge is 2.57. The Bertz CT molecular complexity index is 685. The number of fused-ring (bicyclic) bond motifs is 1. The highest BCUT2D eigenvalue weighted by molar-refractivity contribution is 8.02. The molecule has 6 heteroatoms. The molecule has 21 heavy (non-hydrogen) atoms. The van der Waals surface area contributed by atoms with Crippen LogP contribution in [0.25, 0.3) is 0 Å². The minimum Gasteiger partial charge on any atom is -0.425 e. The molecule has 0 aromatic heterocycles. The predicted octanol–water partition coefficient (Wildman–Crippen LogP) is 4.10. The van der Waals surface area contributed by atoms with Crippen molar-refractivity contribution in [1.82, 2.24) is 0 Å². The van der Waals surface area contributed by atoms with Gasteiger partial charge in [0, 0.05) is 5.56 Å². The zero-order valence-electron chi connectivity index (χ0n) is 10.6. The van der Waals surface area contributed by atoms with Gasteiger partial charge in [0.1, 0.15) is 5.75 Å². The van der Waals surface area contributed by atoms with E-state index in [2.05, 4.69) is 0 Å². The quantitative estimate of drug-likeness (QED) is 0.617. The lowest BCUT2D eigenvalue weighted by Crippen LogP contribution is -2.34. The van der Waals surface area contributed by atoms with Crippen molar-refractivity contribution in [1.29, 1.82) is 0 Å². The molecule has 0 aliphatic carbocycles. The number of carbonyl (C=O) groups is 1. The van der Waals surface area contributed by atoms with Gasteiger partial charge in [0.15, 0.2) is 4.75 Å². The van der Waals surface area contributed by atoms with Gasteiger partial charge in [-0.25, -0.2) is 4.79 Å². The molecule has 0 N–H and O–H groups in total. The van der Waals surface area contributed by atoms with Crippen LogP contribution in [0.4, 0.5) is 13.2 Å². The van der Waals surface area contributed by atoms with Crippen LogP contribution >= 0.6 is 11.8 Å². The van der Waals surface area contributed by atoms with Crippen molar-refractivity contribution in [2.24, 2.45) is 0 Å². The fraction of sp³-hybridized carbons (Fsp3) is 0.133. The van der Waals surface area contributed by atoms with Gasteiger partial charge in [-0.3, -0.25) is 0 Å². The van der Waals surface area contributed by atoms with Crippen molar-refractivity contribution in [3.05, 3.63) is 65.7 Å². The van der Waals surface area contributed by atoms with Crippen molar-refractivity contribution >= 4 is 17.7 Å². The first-order valence-corrected chi connectivity index (χ1v) is 6.89. The van der Waals surface area contributed by atoms with Gasteiger partial charge in [0.05, 0.1) is 0 Å². The summed E-state index contributed by atoms with van der Waals surface area (Å²) in [4.78, 5) is 12.3. The largest absolute Gasteiger partial charge is 0.443 e. The summed E-state index contributed by atoms with van der Waals surface area (Å²) in [5.41, 5.74) is -4.10. The fourth-order valence-corrected chi connectivity index (χ4v) is 3.41. The van der Waals surface area contributed by atoms with Crippen LogP contribution < -0.4 is 4.74 Å². The smallest absolute Gasteiger partial charge is 0.425 e. The maximum atomic E-state index is 13.1. The number of esters is 1.